The topological polar surface area (TPSA) is 71.1 Å². The summed E-state index contributed by atoms with van der Waals surface area (Å²) < 4.78 is 10.7. The Morgan fingerprint density at radius 2 is 1.96 bits per heavy atom. The van der Waals surface area contributed by atoms with Gasteiger partial charge < -0.3 is 19.7 Å². The van der Waals surface area contributed by atoms with E-state index >= 15 is 0 Å². The summed E-state index contributed by atoms with van der Waals surface area (Å²) in [5, 5.41) is 2.83. The molecule has 2 aliphatic rings. The molecule has 0 aromatic heterocycles. The van der Waals surface area contributed by atoms with Crippen molar-refractivity contribution >= 4 is 23.3 Å². The molecule has 0 aliphatic carbocycles. The molecular formula is C19H19N3O4. The van der Waals surface area contributed by atoms with E-state index in [1.165, 1.54) is 4.90 Å². The maximum atomic E-state index is 12.6. The first-order chi connectivity index (χ1) is 12.6. The number of fused-ring (bicyclic) bond motifs is 1. The van der Waals surface area contributed by atoms with Gasteiger partial charge in [0, 0.05) is 30.5 Å². The van der Waals surface area contributed by atoms with Gasteiger partial charge in [0.1, 0.15) is 6.54 Å². The molecule has 26 heavy (non-hydrogen) atoms. The molecule has 1 fully saturated rings. The number of amides is 3. The average molecular weight is 353 g/mol. The second-order valence-corrected chi connectivity index (χ2v) is 6.31. The van der Waals surface area contributed by atoms with Gasteiger partial charge in [-0.05, 0) is 36.8 Å². The van der Waals surface area contributed by atoms with Crippen molar-refractivity contribution < 1.29 is 19.1 Å². The fraction of sp³-hybridized carbons (Fsp3) is 0.263. The number of urea groups is 1. The maximum absolute atomic E-state index is 12.6. The third-order valence-corrected chi connectivity index (χ3v) is 4.40. The van der Waals surface area contributed by atoms with Crippen molar-refractivity contribution in [3.05, 3.63) is 48.0 Å². The van der Waals surface area contributed by atoms with E-state index in [-0.39, 0.29) is 25.3 Å². The van der Waals surface area contributed by atoms with Crippen molar-refractivity contribution in [3.8, 4) is 11.5 Å². The van der Waals surface area contributed by atoms with Crippen molar-refractivity contribution in [2.45, 2.75) is 6.92 Å². The molecule has 0 atom stereocenters. The number of anilines is 2. The highest BCUT2D eigenvalue weighted by Crippen LogP contribution is 2.36. The predicted molar refractivity (Wildman–Crippen MR) is 96.7 cm³/mol. The molecule has 0 bridgehead atoms. The number of carbonyl (C=O) groups is 2. The van der Waals surface area contributed by atoms with Gasteiger partial charge >= 0.3 is 6.03 Å². The first kappa shape index (κ1) is 16.3. The molecule has 3 amide bonds. The third kappa shape index (κ3) is 3.15. The number of benzene rings is 2. The number of ether oxygens (including phenoxy) is 2. The van der Waals surface area contributed by atoms with Crippen LogP contribution >= 0.6 is 0 Å². The molecule has 2 aromatic rings. The summed E-state index contributed by atoms with van der Waals surface area (Å²) in [4.78, 5) is 28.1. The van der Waals surface area contributed by atoms with Gasteiger partial charge in [-0.15, -0.1) is 0 Å². The molecule has 7 nitrogen and oxygen atoms in total. The van der Waals surface area contributed by atoms with Crippen LogP contribution in [-0.4, -0.2) is 43.3 Å². The second-order valence-electron chi connectivity index (χ2n) is 6.31. The first-order valence-corrected chi connectivity index (χ1v) is 8.43. The summed E-state index contributed by atoms with van der Waals surface area (Å²) in [6.07, 6.45) is 0. The van der Waals surface area contributed by atoms with Gasteiger partial charge in [0.05, 0.1) is 0 Å². The van der Waals surface area contributed by atoms with Gasteiger partial charge in [-0.3, -0.25) is 9.69 Å². The fourth-order valence-electron chi connectivity index (χ4n) is 3.12. The first-order valence-electron chi connectivity index (χ1n) is 8.43. The van der Waals surface area contributed by atoms with Crippen LogP contribution in [0.3, 0.4) is 0 Å². The third-order valence-electron chi connectivity index (χ3n) is 4.40. The van der Waals surface area contributed by atoms with E-state index in [0.29, 0.717) is 24.6 Å². The van der Waals surface area contributed by atoms with Gasteiger partial charge in [0.15, 0.2) is 11.5 Å². The van der Waals surface area contributed by atoms with Crippen molar-refractivity contribution in [1.82, 2.24) is 4.90 Å². The Bertz CT molecular complexity index is 868. The van der Waals surface area contributed by atoms with Gasteiger partial charge in [0.2, 0.25) is 12.7 Å². The zero-order chi connectivity index (χ0) is 18.1. The molecule has 0 radical (unpaired) electrons. The minimum atomic E-state index is -0.212. The molecular weight excluding hydrogens is 334 g/mol. The number of rotatable bonds is 4. The summed E-state index contributed by atoms with van der Waals surface area (Å²) in [5.41, 5.74) is 2.53. The second kappa shape index (κ2) is 6.59. The quantitative estimate of drug-likeness (QED) is 0.917. The van der Waals surface area contributed by atoms with Gasteiger partial charge in [-0.1, -0.05) is 12.1 Å². The molecule has 134 valence electrons. The largest absolute Gasteiger partial charge is 0.454 e. The van der Waals surface area contributed by atoms with Crippen LogP contribution in [0.4, 0.5) is 16.2 Å². The van der Waals surface area contributed by atoms with Crippen LogP contribution in [0.5, 0.6) is 11.5 Å². The lowest BCUT2D eigenvalue weighted by Crippen LogP contribution is -2.37. The van der Waals surface area contributed by atoms with E-state index in [1.807, 2.05) is 37.3 Å². The molecule has 2 heterocycles. The predicted octanol–water partition coefficient (Wildman–Crippen LogP) is 2.60. The Morgan fingerprint density at radius 3 is 2.81 bits per heavy atom. The summed E-state index contributed by atoms with van der Waals surface area (Å²) in [6.45, 7) is 3.19. The van der Waals surface area contributed by atoms with Crippen LogP contribution in [0.1, 0.15) is 5.56 Å². The van der Waals surface area contributed by atoms with Crippen LogP contribution in [0.15, 0.2) is 42.5 Å². The Balaban J connectivity index is 1.40. The van der Waals surface area contributed by atoms with E-state index in [4.69, 9.17) is 9.47 Å². The summed E-state index contributed by atoms with van der Waals surface area (Å²) in [7, 11) is 0. The minimum absolute atomic E-state index is 0.0217. The van der Waals surface area contributed by atoms with Crippen molar-refractivity contribution in [2.24, 2.45) is 0 Å². The number of hydrogen-bond donors (Lipinski definition) is 1. The Morgan fingerprint density at radius 1 is 1.12 bits per heavy atom. The highest BCUT2D eigenvalue weighted by Gasteiger charge is 2.31. The monoisotopic (exact) mass is 353 g/mol. The van der Waals surface area contributed by atoms with Crippen molar-refractivity contribution in [2.75, 3.05) is 36.6 Å². The van der Waals surface area contributed by atoms with Crippen LogP contribution in [-0.2, 0) is 4.79 Å². The molecule has 4 rings (SSSR count). The Labute approximate surface area is 151 Å². The molecule has 7 heteroatoms. The molecule has 2 aliphatic heterocycles. The number of carbonyl (C=O) groups excluding carboxylic acids is 2. The average Bonchev–Trinajstić information content (AvgIpc) is 3.21. The summed E-state index contributed by atoms with van der Waals surface area (Å²) in [6, 6.07) is 12.8. The molecule has 2 aromatic carbocycles. The van der Waals surface area contributed by atoms with Gasteiger partial charge in [-0.2, -0.15) is 0 Å². The molecule has 0 saturated carbocycles. The zero-order valence-corrected chi connectivity index (χ0v) is 14.4. The lowest BCUT2D eigenvalue weighted by Gasteiger charge is -2.18. The van der Waals surface area contributed by atoms with Gasteiger partial charge in [0.25, 0.3) is 0 Å². The fourth-order valence-corrected chi connectivity index (χ4v) is 3.12. The summed E-state index contributed by atoms with van der Waals surface area (Å²) in [5.74, 6) is 1.09. The number of aryl methyl sites for hydroxylation is 1. The standard InChI is InChI=1S/C19H19N3O4/c1-13-3-2-4-14(9-13)20-18(23)11-21-7-8-22(19(21)24)15-5-6-16-17(10-15)26-12-25-16/h2-6,9-10H,7-8,11-12H2,1H3,(H,20,23). The highest BCUT2D eigenvalue weighted by molar-refractivity contribution is 5.99. The smallest absolute Gasteiger partial charge is 0.325 e. The number of nitrogens with one attached hydrogen (secondary N) is 1. The molecule has 0 unspecified atom stereocenters. The van der Waals surface area contributed by atoms with E-state index in [1.54, 1.807) is 17.0 Å². The molecule has 1 saturated heterocycles. The maximum Gasteiger partial charge on any atom is 0.325 e. The normalized spacial score (nSPS) is 15.5. The van der Waals surface area contributed by atoms with E-state index in [9.17, 15) is 9.59 Å². The molecule has 0 spiro atoms. The van der Waals surface area contributed by atoms with Crippen LogP contribution < -0.4 is 19.7 Å². The number of hydrogen-bond acceptors (Lipinski definition) is 4. The highest BCUT2D eigenvalue weighted by atomic mass is 16.7. The number of nitrogens with zero attached hydrogens (tertiary/aromatic N) is 2. The lowest BCUT2D eigenvalue weighted by molar-refractivity contribution is -0.116. The van der Waals surface area contributed by atoms with E-state index < -0.39 is 0 Å². The Hall–Kier alpha value is -3.22. The Kier molecular flexibility index (Phi) is 4.12. The van der Waals surface area contributed by atoms with E-state index in [2.05, 4.69) is 5.32 Å². The van der Waals surface area contributed by atoms with E-state index in [0.717, 1.165) is 16.9 Å². The lowest BCUT2D eigenvalue weighted by atomic mass is 10.2. The van der Waals surface area contributed by atoms with Crippen molar-refractivity contribution in [1.29, 1.82) is 0 Å². The van der Waals surface area contributed by atoms with Crippen molar-refractivity contribution in [3.63, 3.8) is 0 Å². The minimum Gasteiger partial charge on any atom is -0.454 e. The molecule has 1 N–H and O–H groups in total. The van der Waals surface area contributed by atoms with Crippen LogP contribution in [0.2, 0.25) is 0 Å². The van der Waals surface area contributed by atoms with Crippen LogP contribution in [0.25, 0.3) is 0 Å². The summed E-state index contributed by atoms with van der Waals surface area (Å²) >= 11 is 0. The van der Waals surface area contributed by atoms with Crippen LogP contribution in [0, 0.1) is 6.92 Å². The SMILES string of the molecule is Cc1cccc(NC(=O)CN2CCN(c3ccc4c(c3)OCO4)C2=O)c1. The zero-order valence-electron chi connectivity index (χ0n) is 14.4. The van der Waals surface area contributed by atoms with Gasteiger partial charge in [-0.25, -0.2) is 4.79 Å².